The highest BCUT2D eigenvalue weighted by molar-refractivity contribution is 6.04. The Kier molecular flexibility index (Phi) is 4.57. The second kappa shape index (κ2) is 7.08. The third kappa shape index (κ3) is 3.24. The summed E-state index contributed by atoms with van der Waals surface area (Å²) in [6.07, 6.45) is -0.229. The Bertz CT molecular complexity index is 1060. The fraction of sp³-hybridized carbons (Fsp3) is 0.0500. The van der Waals surface area contributed by atoms with Gasteiger partial charge in [-0.1, -0.05) is 24.3 Å². The third-order valence-corrected chi connectivity index (χ3v) is 4.47. The highest BCUT2D eigenvalue weighted by Crippen LogP contribution is 2.35. The van der Waals surface area contributed by atoms with Gasteiger partial charge in [0.2, 0.25) is 5.82 Å². The predicted octanol–water partition coefficient (Wildman–Crippen LogP) is 5.17. The van der Waals surface area contributed by atoms with Gasteiger partial charge >= 0.3 is 0 Å². The topological polar surface area (TPSA) is 53.2 Å². The number of amides is 1. The van der Waals surface area contributed by atoms with Crippen LogP contribution in [0.25, 0.3) is 0 Å². The van der Waals surface area contributed by atoms with E-state index >= 15 is 0 Å². The van der Waals surface area contributed by atoms with Gasteiger partial charge in [-0.3, -0.25) is 4.79 Å². The van der Waals surface area contributed by atoms with Crippen LogP contribution in [0.5, 0.6) is 0 Å². The lowest BCUT2D eigenvalue weighted by Gasteiger charge is -2.14. The maximum Gasteiger partial charge on any atom is 0.261 e. The second-order valence-electron chi connectivity index (χ2n) is 6.29. The molecule has 1 aliphatic heterocycles. The van der Waals surface area contributed by atoms with Gasteiger partial charge in [-0.2, -0.15) is 0 Å². The number of nitrogens with one attached hydrogen (secondary N) is 3. The maximum atomic E-state index is 13.8. The molecule has 0 aliphatic carbocycles. The molecule has 3 N–H and O–H groups in total. The van der Waals surface area contributed by atoms with Crippen LogP contribution in [0.15, 0.2) is 48.5 Å². The minimum absolute atomic E-state index is 0.123. The van der Waals surface area contributed by atoms with E-state index in [1.165, 1.54) is 12.1 Å². The smallest absolute Gasteiger partial charge is 0.261 e. The molecule has 0 fully saturated rings. The van der Waals surface area contributed by atoms with E-state index in [9.17, 15) is 26.7 Å². The fourth-order valence-electron chi connectivity index (χ4n) is 3.01. The van der Waals surface area contributed by atoms with Crippen molar-refractivity contribution in [2.24, 2.45) is 0 Å². The van der Waals surface area contributed by atoms with Crippen LogP contribution in [0.4, 0.5) is 39.0 Å². The molecule has 0 spiro atoms. The molecular formula is C20H12F5N3O. The van der Waals surface area contributed by atoms with Gasteiger partial charge in [0.15, 0.2) is 23.3 Å². The largest absolute Gasteiger partial charge is 0.360 e. The van der Waals surface area contributed by atoms with E-state index in [0.717, 1.165) is 16.9 Å². The van der Waals surface area contributed by atoms with E-state index in [1.54, 1.807) is 12.1 Å². The van der Waals surface area contributed by atoms with E-state index in [-0.39, 0.29) is 11.9 Å². The average Bonchev–Trinajstić information content (AvgIpc) is 3.16. The molecular weight excluding hydrogens is 393 g/mol. The summed E-state index contributed by atoms with van der Waals surface area (Å²) in [7, 11) is 0. The van der Waals surface area contributed by atoms with Crippen LogP contribution < -0.4 is 16.0 Å². The lowest BCUT2D eigenvalue weighted by molar-refractivity contribution is 0.101. The highest BCUT2D eigenvalue weighted by Gasteiger charge is 2.30. The zero-order valence-corrected chi connectivity index (χ0v) is 14.5. The lowest BCUT2D eigenvalue weighted by atomic mass is 10.1. The fourth-order valence-corrected chi connectivity index (χ4v) is 3.01. The Morgan fingerprint density at radius 1 is 0.724 bits per heavy atom. The number of carbonyl (C=O) groups excluding carboxylic acids is 1. The minimum atomic E-state index is -2.32. The van der Waals surface area contributed by atoms with E-state index in [1.807, 2.05) is 24.3 Å². The number of carbonyl (C=O) groups is 1. The first-order valence-electron chi connectivity index (χ1n) is 8.41. The Morgan fingerprint density at radius 2 is 1.21 bits per heavy atom. The van der Waals surface area contributed by atoms with E-state index < -0.39 is 40.6 Å². The molecule has 9 heteroatoms. The van der Waals surface area contributed by atoms with Gasteiger partial charge in [-0.25, -0.2) is 22.0 Å². The number of para-hydroxylation sites is 2. The Morgan fingerprint density at radius 3 is 1.72 bits per heavy atom. The molecule has 1 aliphatic rings. The zero-order valence-electron chi connectivity index (χ0n) is 14.5. The van der Waals surface area contributed by atoms with Crippen molar-refractivity contribution in [3.8, 4) is 0 Å². The number of benzene rings is 3. The van der Waals surface area contributed by atoms with Crippen molar-refractivity contribution in [3.63, 3.8) is 0 Å². The Balaban J connectivity index is 1.52. The van der Waals surface area contributed by atoms with Crippen molar-refractivity contribution >= 4 is 23.0 Å². The minimum Gasteiger partial charge on any atom is -0.360 e. The molecule has 0 bridgehead atoms. The molecule has 0 unspecified atom stereocenters. The van der Waals surface area contributed by atoms with Crippen molar-refractivity contribution < 1.29 is 26.7 Å². The first-order chi connectivity index (χ1) is 13.9. The molecule has 0 radical (unpaired) electrons. The summed E-state index contributed by atoms with van der Waals surface area (Å²) < 4.78 is 67.2. The van der Waals surface area contributed by atoms with Crippen LogP contribution in [0, 0.1) is 29.1 Å². The van der Waals surface area contributed by atoms with E-state index in [2.05, 4.69) is 16.0 Å². The average molecular weight is 405 g/mol. The number of halogens is 5. The standard InChI is InChI=1S/C20H12F5N3O/c21-14-13(15(22)17(24)18(25)16(14)23)20(29)26-10-7-5-9(6-8-10)19-27-11-3-1-2-4-12(11)28-19/h1-8,19,27-28H,(H,26,29). The van der Waals surface area contributed by atoms with E-state index in [0.29, 0.717) is 0 Å². The van der Waals surface area contributed by atoms with Crippen LogP contribution in [-0.2, 0) is 0 Å². The molecule has 1 amide bonds. The first kappa shape index (κ1) is 18.7. The molecule has 0 saturated heterocycles. The summed E-state index contributed by atoms with van der Waals surface area (Å²) in [5.41, 5.74) is 1.22. The molecule has 1 heterocycles. The van der Waals surface area contributed by atoms with Gasteiger partial charge < -0.3 is 16.0 Å². The highest BCUT2D eigenvalue weighted by atomic mass is 19.2. The molecule has 0 atom stereocenters. The van der Waals surface area contributed by atoms with Crippen LogP contribution in [-0.4, -0.2) is 5.91 Å². The molecule has 3 aromatic rings. The normalized spacial score (nSPS) is 12.9. The zero-order chi connectivity index (χ0) is 20.7. The third-order valence-electron chi connectivity index (χ3n) is 4.47. The van der Waals surface area contributed by atoms with Gasteiger partial charge in [0.05, 0.1) is 11.4 Å². The summed E-state index contributed by atoms with van der Waals surface area (Å²) in [4.78, 5) is 12.1. The predicted molar refractivity (Wildman–Crippen MR) is 97.1 cm³/mol. The first-order valence-corrected chi connectivity index (χ1v) is 8.41. The van der Waals surface area contributed by atoms with Crippen molar-refractivity contribution in [2.75, 3.05) is 16.0 Å². The second-order valence-corrected chi connectivity index (χ2v) is 6.29. The van der Waals surface area contributed by atoms with Gasteiger partial charge in [0.1, 0.15) is 11.7 Å². The molecule has 4 rings (SSSR count). The Labute approximate surface area is 161 Å². The molecule has 0 saturated carbocycles. The Hall–Kier alpha value is -3.62. The summed E-state index contributed by atoms with van der Waals surface area (Å²) in [6, 6.07) is 13.8. The summed E-state index contributed by atoms with van der Waals surface area (Å²) in [5, 5.41) is 8.64. The van der Waals surface area contributed by atoms with Crippen LogP contribution >= 0.6 is 0 Å². The number of rotatable bonds is 3. The molecule has 4 nitrogen and oxygen atoms in total. The van der Waals surface area contributed by atoms with Crippen molar-refractivity contribution in [2.45, 2.75) is 6.17 Å². The number of fused-ring (bicyclic) bond motifs is 1. The quantitative estimate of drug-likeness (QED) is 0.320. The number of hydrogen-bond donors (Lipinski definition) is 3. The van der Waals surface area contributed by atoms with Crippen molar-refractivity contribution in [3.05, 3.63) is 88.7 Å². The number of hydrogen-bond acceptors (Lipinski definition) is 3. The summed E-state index contributed by atoms with van der Waals surface area (Å²) in [6.45, 7) is 0. The van der Waals surface area contributed by atoms with Crippen LogP contribution in [0.1, 0.15) is 22.1 Å². The molecule has 29 heavy (non-hydrogen) atoms. The summed E-state index contributed by atoms with van der Waals surface area (Å²) in [5.74, 6) is -12.5. The maximum absolute atomic E-state index is 13.8. The van der Waals surface area contributed by atoms with Gasteiger partial charge in [0.25, 0.3) is 5.91 Å². The summed E-state index contributed by atoms with van der Waals surface area (Å²) >= 11 is 0. The molecule has 0 aromatic heterocycles. The van der Waals surface area contributed by atoms with Crippen LogP contribution in [0.3, 0.4) is 0 Å². The van der Waals surface area contributed by atoms with Crippen molar-refractivity contribution in [1.82, 2.24) is 0 Å². The monoisotopic (exact) mass is 405 g/mol. The van der Waals surface area contributed by atoms with Gasteiger partial charge in [-0.15, -0.1) is 0 Å². The van der Waals surface area contributed by atoms with Gasteiger partial charge in [-0.05, 0) is 29.8 Å². The van der Waals surface area contributed by atoms with Crippen LogP contribution in [0.2, 0.25) is 0 Å². The molecule has 3 aromatic carbocycles. The van der Waals surface area contributed by atoms with Crippen molar-refractivity contribution in [1.29, 1.82) is 0 Å². The van der Waals surface area contributed by atoms with Gasteiger partial charge in [0, 0.05) is 5.69 Å². The molecule has 148 valence electrons. The number of anilines is 3. The van der Waals surface area contributed by atoms with E-state index in [4.69, 9.17) is 0 Å². The SMILES string of the molecule is O=C(Nc1ccc(C2Nc3ccccc3N2)cc1)c1c(F)c(F)c(F)c(F)c1F. The lowest BCUT2D eigenvalue weighted by Crippen LogP contribution is -2.19.